The van der Waals surface area contributed by atoms with Crippen LogP contribution in [0.2, 0.25) is 0 Å². The third-order valence-corrected chi connectivity index (χ3v) is 3.93. The Morgan fingerprint density at radius 3 is 2.05 bits per heavy atom. The topological polar surface area (TPSA) is 89.9 Å². The number of hydrogen-bond acceptors (Lipinski definition) is 4. The minimum Gasteiger partial charge on any atom is -0.478 e. The zero-order valence-electron chi connectivity index (χ0n) is 13.0. The van der Waals surface area contributed by atoms with E-state index >= 15 is 0 Å². The smallest absolute Gasteiger partial charge is 0.331 e. The minimum absolute atomic E-state index is 0.0408. The van der Waals surface area contributed by atoms with Crippen molar-refractivity contribution in [2.45, 2.75) is 32.7 Å². The normalized spacial score (nSPS) is 17.5. The first-order valence-electron chi connectivity index (χ1n) is 6.91. The monoisotopic (exact) mass is 297 g/mol. The maximum absolute atomic E-state index is 12.0. The predicted octanol–water partition coefficient (Wildman–Crippen LogP) is 0.670. The molecular formula is C14H23N3O4. The summed E-state index contributed by atoms with van der Waals surface area (Å²) in [5.74, 6) is -1.82. The first-order valence-corrected chi connectivity index (χ1v) is 6.91. The van der Waals surface area contributed by atoms with Gasteiger partial charge >= 0.3 is 12.0 Å². The highest BCUT2D eigenvalue weighted by atomic mass is 16.4. The molecule has 0 aliphatic carbocycles. The van der Waals surface area contributed by atoms with Gasteiger partial charge in [-0.15, -0.1) is 0 Å². The summed E-state index contributed by atoms with van der Waals surface area (Å²) in [5, 5.41) is 11.1. The van der Waals surface area contributed by atoms with Crippen LogP contribution in [0.3, 0.4) is 0 Å². The van der Waals surface area contributed by atoms with Gasteiger partial charge in [0.15, 0.2) is 0 Å². The van der Waals surface area contributed by atoms with Gasteiger partial charge in [-0.1, -0.05) is 0 Å². The van der Waals surface area contributed by atoms with E-state index in [1.54, 1.807) is 4.90 Å². The number of carboxylic acid groups (broad SMARTS) is 1. The van der Waals surface area contributed by atoms with Gasteiger partial charge in [-0.2, -0.15) is 0 Å². The Kier molecular flexibility index (Phi) is 5.90. The van der Waals surface area contributed by atoms with Crippen LogP contribution in [-0.4, -0.2) is 66.0 Å². The lowest BCUT2D eigenvalue weighted by Gasteiger charge is -2.35. The van der Waals surface area contributed by atoms with E-state index < -0.39 is 17.9 Å². The SMILES string of the molecule is CC(C(=O)O)=C(C)C(=O)NC(=O)N1CCC(N(C)C)CC1. The number of amides is 3. The number of likely N-dealkylation sites (tertiary alicyclic amines) is 1. The molecule has 0 atom stereocenters. The van der Waals surface area contributed by atoms with Gasteiger partial charge in [0.05, 0.1) is 0 Å². The molecule has 0 unspecified atom stereocenters. The van der Waals surface area contributed by atoms with Crippen molar-refractivity contribution in [3.05, 3.63) is 11.1 Å². The summed E-state index contributed by atoms with van der Waals surface area (Å²) in [6.07, 6.45) is 1.72. The summed E-state index contributed by atoms with van der Waals surface area (Å²) < 4.78 is 0. The fourth-order valence-corrected chi connectivity index (χ4v) is 2.19. The molecule has 3 amide bonds. The average Bonchev–Trinajstić information content (AvgIpc) is 2.45. The van der Waals surface area contributed by atoms with Crippen molar-refractivity contribution in [3.63, 3.8) is 0 Å². The maximum atomic E-state index is 12.0. The molecule has 0 aromatic carbocycles. The number of hydrogen-bond donors (Lipinski definition) is 2. The van der Waals surface area contributed by atoms with Crippen molar-refractivity contribution in [1.29, 1.82) is 0 Å². The molecular weight excluding hydrogens is 274 g/mol. The number of imide groups is 1. The molecule has 2 N–H and O–H groups in total. The number of nitrogens with one attached hydrogen (secondary N) is 1. The molecule has 1 rings (SSSR count). The van der Waals surface area contributed by atoms with Gasteiger partial charge in [0, 0.05) is 30.3 Å². The van der Waals surface area contributed by atoms with Gasteiger partial charge in [0.1, 0.15) is 0 Å². The molecule has 0 aromatic heterocycles. The first-order chi connectivity index (χ1) is 9.73. The second-order valence-corrected chi connectivity index (χ2v) is 5.50. The summed E-state index contributed by atoms with van der Waals surface area (Å²) in [4.78, 5) is 38.3. The highest BCUT2D eigenvalue weighted by molar-refractivity contribution is 6.07. The number of rotatable bonds is 3. The highest BCUT2D eigenvalue weighted by Gasteiger charge is 2.25. The number of nitrogens with zero attached hydrogens (tertiary/aromatic N) is 2. The second kappa shape index (κ2) is 7.21. The van der Waals surface area contributed by atoms with Crippen LogP contribution in [-0.2, 0) is 9.59 Å². The van der Waals surface area contributed by atoms with Crippen LogP contribution in [0.5, 0.6) is 0 Å². The Morgan fingerprint density at radius 1 is 1.10 bits per heavy atom. The Labute approximate surface area is 124 Å². The maximum Gasteiger partial charge on any atom is 0.331 e. The summed E-state index contributed by atoms with van der Waals surface area (Å²) in [5.41, 5.74) is -0.0226. The molecule has 0 radical (unpaired) electrons. The van der Waals surface area contributed by atoms with Crippen molar-refractivity contribution in [2.75, 3.05) is 27.2 Å². The number of carbonyl (C=O) groups excluding carboxylic acids is 2. The Balaban J connectivity index is 2.57. The van der Waals surface area contributed by atoms with Gasteiger partial charge in [0.25, 0.3) is 5.91 Å². The lowest BCUT2D eigenvalue weighted by molar-refractivity contribution is -0.133. The molecule has 0 spiro atoms. The van der Waals surface area contributed by atoms with E-state index in [0.717, 1.165) is 12.8 Å². The predicted molar refractivity (Wildman–Crippen MR) is 77.8 cm³/mol. The molecule has 0 aromatic rings. The molecule has 1 aliphatic heterocycles. The standard InChI is InChI=1S/C14H23N3O4/c1-9(10(2)13(19)20)12(18)15-14(21)17-7-5-11(6-8-17)16(3)4/h11H,5-8H2,1-4H3,(H,19,20)(H,15,18,21). The number of aliphatic carboxylic acids is 1. The number of carbonyl (C=O) groups is 3. The Bertz CT molecular complexity index is 463. The Morgan fingerprint density at radius 2 is 1.62 bits per heavy atom. The quantitative estimate of drug-likeness (QED) is 0.747. The Hall–Kier alpha value is -1.89. The largest absolute Gasteiger partial charge is 0.478 e. The molecule has 21 heavy (non-hydrogen) atoms. The van der Waals surface area contributed by atoms with Crippen LogP contribution in [0.15, 0.2) is 11.1 Å². The molecule has 1 saturated heterocycles. The van der Waals surface area contributed by atoms with Crippen LogP contribution in [0.4, 0.5) is 4.79 Å². The molecule has 0 bridgehead atoms. The van der Waals surface area contributed by atoms with E-state index in [1.165, 1.54) is 13.8 Å². The molecule has 0 saturated carbocycles. The van der Waals surface area contributed by atoms with E-state index in [4.69, 9.17) is 5.11 Å². The van der Waals surface area contributed by atoms with E-state index in [2.05, 4.69) is 10.2 Å². The third-order valence-electron chi connectivity index (χ3n) is 3.93. The van der Waals surface area contributed by atoms with Crippen LogP contribution < -0.4 is 5.32 Å². The minimum atomic E-state index is -1.16. The molecule has 1 heterocycles. The lowest BCUT2D eigenvalue weighted by Crippen LogP contribution is -2.49. The van der Waals surface area contributed by atoms with Crippen molar-refractivity contribution < 1.29 is 19.5 Å². The fraction of sp³-hybridized carbons (Fsp3) is 0.643. The van der Waals surface area contributed by atoms with Crippen LogP contribution in [0.1, 0.15) is 26.7 Å². The van der Waals surface area contributed by atoms with Crippen molar-refractivity contribution in [2.24, 2.45) is 0 Å². The summed E-state index contributed by atoms with van der Waals surface area (Å²) in [7, 11) is 4.01. The first kappa shape index (κ1) is 17.2. The highest BCUT2D eigenvalue weighted by Crippen LogP contribution is 2.14. The summed E-state index contributed by atoms with van der Waals surface area (Å²) in [6, 6.07) is -0.0182. The molecule has 118 valence electrons. The van der Waals surface area contributed by atoms with Gasteiger partial charge < -0.3 is 14.9 Å². The van der Waals surface area contributed by atoms with E-state index in [0.29, 0.717) is 19.1 Å². The molecule has 7 heteroatoms. The fourth-order valence-electron chi connectivity index (χ4n) is 2.19. The molecule has 1 aliphatic rings. The third kappa shape index (κ3) is 4.56. The van der Waals surface area contributed by atoms with Gasteiger partial charge in [0.2, 0.25) is 0 Å². The zero-order valence-corrected chi connectivity index (χ0v) is 13.0. The molecule has 1 fully saturated rings. The van der Waals surface area contributed by atoms with Crippen LogP contribution in [0, 0.1) is 0 Å². The van der Waals surface area contributed by atoms with Gasteiger partial charge in [-0.05, 0) is 40.8 Å². The van der Waals surface area contributed by atoms with Crippen LogP contribution in [0.25, 0.3) is 0 Å². The van der Waals surface area contributed by atoms with E-state index in [-0.39, 0.29) is 11.1 Å². The van der Waals surface area contributed by atoms with E-state index in [9.17, 15) is 14.4 Å². The van der Waals surface area contributed by atoms with Gasteiger partial charge in [-0.3, -0.25) is 10.1 Å². The molecule has 7 nitrogen and oxygen atoms in total. The van der Waals surface area contributed by atoms with E-state index in [1.807, 2.05) is 14.1 Å². The average molecular weight is 297 g/mol. The van der Waals surface area contributed by atoms with Gasteiger partial charge in [-0.25, -0.2) is 9.59 Å². The van der Waals surface area contributed by atoms with Crippen molar-refractivity contribution in [1.82, 2.24) is 15.1 Å². The van der Waals surface area contributed by atoms with Crippen LogP contribution >= 0.6 is 0 Å². The number of carboxylic acids is 1. The van der Waals surface area contributed by atoms with Crippen molar-refractivity contribution in [3.8, 4) is 0 Å². The second-order valence-electron chi connectivity index (χ2n) is 5.50. The number of piperidine rings is 1. The summed E-state index contributed by atoms with van der Waals surface area (Å²) in [6.45, 7) is 3.90. The summed E-state index contributed by atoms with van der Waals surface area (Å²) >= 11 is 0. The lowest BCUT2D eigenvalue weighted by atomic mass is 10.0. The number of urea groups is 1. The zero-order chi connectivity index (χ0) is 16.2. The van der Waals surface area contributed by atoms with Crippen molar-refractivity contribution >= 4 is 17.9 Å².